The van der Waals surface area contributed by atoms with Crippen molar-refractivity contribution in [2.45, 2.75) is 47.0 Å². The molecule has 1 aromatic rings. The highest BCUT2D eigenvalue weighted by Crippen LogP contribution is 2.38. The highest BCUT2D eigenvalue weighted by atomic mass is 16.5. The molecule has 1 N–H and O–H groups in total. The molecule has 0 aliphatic carbocycles. The Morgan fingerprint density at radius 3 is 2.43 bits per heavy atom. The number of carbonyl (C=O) groups is 4. The van der Waals surface area contributed by atoms with E-state index in [1.807, 2.05) is 13.8 Å². The fourth-order valence-corrected chi connectivity index (χ4v) is 3.48. The number of hydrogen-bond acceptors (Lipinski definition) is 5. The average Bonchev–Trinajstić information content (AvgIpc) is 2.94. The maximum atomic E-state index is 13.1. The Hall–Kier alpha value is -2.90. The highest BCUT2D eigenvalue weighted by molar-refractivity contribution is 6.06. The van der Waals surface area contributed by atoms with E-state index < -0.39 is 11.3 Å². The van der Waals surface area contributed by atoms with Crippen LogP contribution in [0.5, 0.6) is 5.75 Å². The molecular formula is C22H29N3O5. The largest absolute Gasteiger partial charge is 0.490 e. The number of likely N-dealkylation sites (tertiary alicyclic amines) is 1. The van der Waals surface area contributed by atoms with Crippen molar-refractivity contribution in [1.29, 1.82) is 0 Å². The van der Waals surface area contributed by atoms with Gasteiger partial charge in [-0.1, -0.05) is 13.8 Å². The normalized spacial score (nSPS) is 18.4. The van der Waals surface area contributed by atoms with Crippen LogP contribution in [0.1, 0.15) is 47.0 Å². The number of fused-ring (bicyclic) bond motifs is 1. The quantitative estimate of drug-likeness (QED) is 0.721. The summed E-state index contributed by atoms with van der Waals surface area (Å²) >= 11 is 0. The lowest BCUT2D eigenvalue weighted by Gasteiger charge is -2.28. The van der Waals surface area contributed by atoms with Crippen LogP contribution in [-0.4, -0.2) is 48.2 Å². The number of nitrogens with one attached hydrogen (secondary N) is 1. The fourth-order valence-electron chi connectivity index (χ4n) is 3.48. The van der Waals surface area contributed by atoms with Crippen molar-refractivity contribution < 1.29 is 23.9 Å². The number of nitrogens with zero attached hydrogens (tertiary/aromatic N) is 2. The van der Waals surface area contributed by atoms with E-state index >= 15 is 0 Å². The summed E-state index contributed by atoms with van der Waals surface area (Å²) in [5, 5.41) is 2.71. The summed E-state index contributed by atoms with van der Waals surface area (Å²) < 4.78 is 5.93. The van der Waals surface area contributed by atoms with Gasteiger partial charge in [-0.25, -0.2) is 0 Å². The molecule has 2 aliphatic heterocycles. The number of anilines is 2. The number of imide groups is 1. The predicted octanol–water partition coefficient (Wildman–Crippen LogP) is 2.57. The Bertz CT molecular complexity index is 862. The van der Waals surface area contributed by atoms with E-state index in [0.29, 0.717) is 29.6 Å². The van der Waals surface area contributed by atoms with E-state index in [9.17, 15) is 19.2 Å². The molecule has 0 bridgehead atoms. The van der Waals surface area contributed by atoms with Gasteiger partial charge in [-0.3, -0.25) is 24.1 Å². The Labute approximate surface area is 176 Å². The molecule has 0 spiro atoms. The van der Waals surface area contributed by atoms with E-state index in [-0.39, 0.29) is 43.7 Å². The monoisotopic (exact) mass is 415 g/mol. The maximum absolute atomic E-state index is 13.1. The van der Waals surface area contributed by atoms with Crippen LogP contribution in [0.25, 0.3) is 0 Å². The second kappa shape index (κ2) is 8.45. The van der Waals surface area contributed by atoms with Gasteiger partial charge in [-0.15, -0.1) is 0 Å². The number of benzene rings is 1. The number of hydrogen-bond donors (Lipinski definition) is 1. The molecule has 0 radical (unpaired) electrons. The first-order chi connectivity index (χ1) is 14.1. The van der Waals surface area contributed by atoms with Crippen LogP contribution < -0.4 is 15.0 Å². The zero-order valence-electron chi connectivity index (χ0n) is 18.0. The molecule has 8 nitrogen and oxygen atoms in total. The van der Waals surface area contributed by atoms with E-state index in [4.69, 9.17) is 4.74 Å². The molecule has 0 unspecified atom stereocenters. The van der Waals surface area contributed by atoms with Crippen molar-refractivity contribution >= 4 is 35.0 Å². The van der Waals surface area contributed by atoms with Gasteiger partial charge in [0.2, 0.25) is 23.6 Å². The minimum absolute atomic E-state index is 0.00439. The lowest BCUT2D eigenvalue weighted by molar-refractivity contribution is -0.141. The van der Waals surface area contributed by atoms with Gasteiger partial charge in [0.25, 0.3) is 0 Å². The number of rotatable bonds is 6. The van der Waals surface area contributed by atoms with Crippen molar-refractivity contribution in [2.24, 2.45) is 11.3 Å². The average molecular weight is 415 g/mol. The molecule has 8 heteroatoms. The van der Waals surface area contributed by atoms with Crippen LogP contribution in [0.4, 0.5) is 11.4 Å². The van der Waals surface area contributed by atoms with Crippen LogP contribution in [-0.2, 0) is 19.2 Å². The maximum Gasteiger partial charge on any atom is 0.244 e. The summed E-state index contributed by atoms with van der Waals surface area (Å²) in [4.78, 5) is 51.5. The van der Waals surface area contributed by atoms with E-state index in [1.54, 1.807) is 23.1 Å². The van der Waals surface area contributed by atoms with Crippen molar-refractivity contribution in [3.8, 4) is 5.75 Å². The molecule has 4 amide bonds. The van der Waals surface area contributed by atoms with Crippen LogP contribution >= 0.6 is 0 Å². The predicted molar refractivity (Wildman–Crippen MR) is 112 cm³/mol. The fraction of sp³-hybridized carbons (Fsp3) is 0.545. The first kappa shape index (κ1) is 21.8. The topological polar surface area (TPSA) is 96.0 Å². The van der Waals surface area contributed by atoms with Gasteiger partial charge in [-0.05, 0) is 38.3 Å². The van der Waals surface area contributed by atoms with Gasteiger partial charge in [0, 0.05) is 31.1 Å². The van der Waals surface area contributed by atoms with Crippen LogP contribution in [0, 0.1) is 11.3 Å². The molecule has 1 aromatic carbocycles. The van der Waals surface area contributed by atoms with Gasteiger partial charge < -0.3 is 15.0 Å². The van der Waals surface area contributed by atoms with Crippen molar-refractivity contribution in [2.75, 3.05) is 29.9 Å². The molecule has 0 aromatic heterocycles. The van der Waals surface area contributed by atoms with Crippen LogP contribution in [0.2, 0.25) is 0 Å². The zero-order chi connectivity index (χ0) is 22.1. The molecule has 162 valence electrons. The standard InChI is InChI=1S/C22H29N3O5/c1-14(2)9-10-24-16-6-5-15(11-17(16)30-13-22(3,4)21(24)29)23-18(26)12-25-19(27)7-8-20(25)28/h5-6,11,14H,7-10,12-13H2,1-4H3,(H,23,26). The molecule has 1 fully saturated rings. The Balaban J connectivity index is 1.79. The van der Waals surface area contributed by atoms with Crippen LogP contribution in [0.3, 0.4) is 0 Å². The van der Waals surface area contributed by atoms with E-state index in [2.05, 4.69) is 19.2 Å². The van der Waals surface area contributed by atoms with Gasteiger partial charge >= 0.3 is 0 Å². The smallest absolute Gasteiger partial charge is 0.244 e. The van der Waals surface area contributed by atoms with Crippen LogP contribution in [0.15, 0.2) is 18.2 Å². The Morgan fingerprint density at radius 2 is 1.80 bits per heavy atom. The minimum Gasteiger partial charge on any atom is -0.490 e. The summed E-state index contributed by atoms with van der Waals surface area (Å²) in [5.74, 6) is -0.152. The van der Waals surface area contributed by atoms with E-state index in [0.717, 1.165) is 11.3 Å². The molecule has 1 saturated heterocycles. The molecule has 0 atom stereocenters. The summed E-state index contributed by atoms with van der Waals surface area (Å²) in [6.07, 6.45) is 1.15. The Kier molecular flexibility index (Phi) is 6.14. The highest BCUT2D eigenvalue weighted by Gasteiger charge is 2.38. The van der Waals surface area contributed by atoms with Gasteiger partial charge in [0.05, 0.1) is 11.1 Å². The van der Waals surface area contributed by atoms with Crippen molar-refractivity contribution in [3.05, 3.63) is 18.2 Å². The van der Waals surface area contributed by atoms with E-state index in [1.165, 1.54) is 0 Å². The molecule has 2 heterocycles. The molecule has 3 rings (SSSR count). The van der Waals surface area contributed by atoms with Crippen molar-refractivity contribution in [3.63, 3.8) is 0 Å². The number of amides is 4. The first-order valence-electron chi connectivity index (χ1n) is 10.3. The van der Waals surface area contributed by atoms with Gasteiger partial charge in [0.1, 0.15) is 18.9 Å². The lowest BCUT2D eigenvalue weighted by atomic mass is 9.92. The first-order valence-corrected chi connectivity index (χ1v) is 10.3. The Morgan fingerprint density at radius 1 is 1.13 bits per heavy atom. The summed E-state index contributed by atoms with van der Waals surface area (Å²) in [5.41, 5.74) is 0.485. The van der Waals surface area contributed by atoms with Crippen molar-refractivity contribution in [1.82, 2.24) is 4.90 Å². The molecule has 30 heavy (non-hydrogen) atoms. The summed E-state index contributed by atoms with van der Waals surface area (Å²) in [6.45, 7) is 8.44. The minimum atomic E-state index is -0.671. The molecule has 2 aliphatic rings. The second-order valence-corrected chi connectivity index (χ2v) is 8.92. The third-order valence-electron chi connectivity index (χ3n) is 5.33. The molecule has 0 saturated carbocycles. The third kappa shape index (κ3) is 4.63. The number of ether oxygens (including phenoxy) is 1. The van der Waals surface area contributed by atoms with Gasteiger partial charge in [0.15, 0.2) is 0 Å². The second-order valence-electron chi connectivity index (χ2n) is 8.92. The third-order valence-corrected chi connectivity index (χ3v) is 5.33. The van der Waals surface area contributed by atoms with Gasteiger partial charge in [-0.2, -0.15) is 0 Å². The number of carbonyl (C=O) groups excluding carboxylic acids is 4. The summed E-state index contributed by atoms with van der Waals surface area (Å²) in [6, 6.07) is 5.14. The molecular weight excluding hydrogens is 386 g/mol. The SMILES string of the molecule is CC(C)CCN1C(=O)C(C)(C)COc2cc(NC(=O)CN3C(=O)CCC3=O)ccc21. The lowest BCUT2D eigenvalue weighted by Crippen LogP contribution is -2.42. The zero-order valence-corrected chi connectivity index (χ0v) is 18.0. The summed E-state index contributed by atoms with van der Waals surface area (Å²) in [7, 11) is 0.